The minimum Gasteiger partial charge on any atom is -0.315 e. The number of carbonyl (C=O) groups excluding carboxylic acids is 2. The van der Waals surface area contributed by atoms with E-state index in [0.29, 0.717) is 26.4 Å². The van der Waals surface area contributed by atoms with Crippen molar-refractivity contribution in [3.63, 3.8) is 0 Å². The van der Waals surface area contributed by atoms with E-state index in [-0.39, 0.29) is 0 Å². The second-order valence-corrected chi connectivity index (χ2v) is 5.84. The van der Waals surface area contributed by atoms with Gasteiger partial charge < -0.3 is 18.1 Å². The Morgan fingerprint density at radius 2 is 1.18 bits per heavy atom. The van der Waals surface area contributed by atoms with Crippen molar-refractivity contribution in [2.24, 2.45) is 14.9 Å². The Bertz CT molecular complexity index is 325. The highest BCUT2D eigenvalue weighted by atomic mass is 31.2. The summed E-state index contributed by atoms with van der Waals surface area (Å²) in [5.41, 5.74) is -0.422. The monoisotopic (exact) mass is 278 g/mol. The Morgan fingerprint density at radius 3 is 1.47 bits per heavy atom. The largest absolute Gasteiger partial charge is 0.321 e. The molecule has 0 unspecified atom stereocenters. The van der Waals surface area contributed by atoms with Gasteiger partial charge in [-0.2, -0.15) is 0 Å². The third-order valence-corrected chi connectivity index (χ3v) is 4.06. The van der Waals surface area contributed by atoms with Crippen LogP contribution in [0.3, 0.4) is 0 Å². The quantitative estimate of drug-likeness (QED) is 0.427. The van der Waals surface area contributed by atoms with Crippen molar-refractivity contribution >= 4 is 29.2 Å². The molecule has 0 N–H and O–H groups in total. The molecule has 2 fully saturated rings. The zero-order valence-corrected chi connectivity index (χ0v) is 10.4. The number of isocyanates is 2. The molecule has 0 aromatic carbocycles. The summed E-state index contributed by atoms with van der Waals surface area (Å²) in [6.07, 6.45) is 2.78. The summed E-state index contributed by atoms with van der Waals surface area (Å²) in [7, 11) is -3.06. The summed E-state index contributed by atoms with van der Waals surface area (Å²) in [5, 5.41) is 0. The molecular formula is C7H8N2O6P2. The Morgan fingerprint density at radius 1 is 0.824 bits per heavy atom. The molecule has 2 aliphatic heterocycles. The lowest BCUT2D eigenvalue weighted by molar-refractivity contribution is -0.0529. The van der Waals surface area contributed by atoms with Crippen molar-refractivity contribution in [2.75, 3.05) is 26.4 Å². The van der Waals surface area contributed by atoms with E-state index < -0.39 is 22.5 Å². The van der Waals surface area contributed by atoms with E-state index in [2.05, 4.69) is 9.53 Å². The normalized spacial score (nSPS) is 36.9. The number of hydrogen-bond donors (Lipinski definition) is 0. The molecule has 0 aromatic rings. The van der Waals surface area contributed by atoms with E-state index in [0.717, 1.165) is 0 Å². The lowest BCUT2D eigenvalue weighted by Gasteiger charge is -2.40. The first-order valence-corrected chi connectivity index (χ1v) is 6.82. The van der Waals surface area contributed by atoms with Crippen molar-refractivity contribution < 1.29 is 27.7 Å². The van der Waals surface area contributed by atoms with E-state index in [1.807, 2.05) is 0 Å². The van der Waals surface area contributed by atoms with E-state index in [1.54, 1.807) is 0 Å². The van der Waals surface area contributed by atoms with E-state index in [4.69, 9.17) is 18.1 Å². The number of hydrogen-bond acceptors (Lipinski definition) is 8. The molecule has 0 atom stereocenters. The van der Waals surface area contributed by atoms with Crippen molar-refractivity contribution in [1.29, 1.82) is 0 Å². The van der Waals surface area contributed by atoms with Gasteiger partial charge in [-0.05, 0) is 0 Å². The Balaban J connectivity index is 1.87. The molecule has 0 bridgehead atoms. The summed E-state index contributed by atoms with van der Waals surface area (Å²) in [4.78, 5) is 20.0. The van der Waals surface area contributed by atoms with Gasteiger partial charge in [0, 0.05) is 0 Å². The molecule has 0 aromatic heterocycles. The second kappa shape index (κ2) is 5.87. The topological polar surface area (TPSA) is 95.8 Å². The van der Waals surface area contributed by atoms with Crippen LogP contribution < -0.4 is 0 Å². The van der Waals surface area contributed by atoms with E-state index >= 15 is 0 Å². The van der Waals surface area contributed by atoms with Crippen molar-refractivity contribution in [2.45, 2.75) is 0 Å². The molecule has 1 spiro atoms. The summed E-state index contributed by atoms with van der Waals surface area (Å²) < 4.78 is 27.8. The van der Waals surface area contributed by atoms with Crippen LogP contribution in [0.15, 0.2) is 9.53 Å². The van der Waals surface area contributed by atoms with Gasteiger partial charge in [0.15, 0.2) is 0 Å². The molecule has 8 nitrogen and oxygen atoms in total. The number of rotatable bonds is 2. The average molecular weight is 278 g/mol. The van der Waals surface area contributed by atoms with E-state index in [9.17, 15) is 9.59 Å². The summed E-state index contributed by atoms with van der Waals surface area (Å²) in [5.74, 6) is 0. The predicted octanol–water partition coefficient (Wildman–Crippen LogP) is 1.19. The minimum atomic E-state index is -1.53. The summed E-state index contributed by atoms with van der Waals surface area (Å²) in [6.45, 7) is 1.27. The van der Waals surface area contributed by atoms with Crippen LogP contribution in [-0.4, -0.2) is 38.6 Å². The van der Waals surface area contributed by atoms with Crippen LogP contribution in [0.1, 0.15) is 0 Å². The first-order valence-electron chi connectivity index (χ1n) is 4.55. The van der Waals surface area contributed by atoms with Crippen LogP contribution in [-0.2, 0) is 27.7 Å². The molecule has 2 heterocycles. The van der Waals surface area contributed by atoms with Gasteiger partial charge in [-0.25, -0.2) is 9.59 Å². The Hall–Kier alpha value is -0.540. The fourth-order valence-electron chi connectivity index (χ4n) is 1.28. The van der Waals surface area contributed by atoms with Crippen LogP contribution >= 0.6 is 17.1 Å². The lowest BCUT2D eigenvalue weighted by Crippen LogP contribution is -2.44. The van der Waals surface area contributed by atoms with E-state index in [1.165, 1.54) is 12.2 Å². The van der Waals surface area contributed by atoms with Gasteiger partial charge in [-0.3, -0.25) is 0 Å². The van der Waals surface area contributed by atoms with Crippen LogP contribution in [0.5, 0.6) is 0 Å². The maximum atomic E-state index is 10.0. The van der Waals surface area contributed by atoms with Gasteiger partial charge in [-0.1, -0.05) is 0 Å². The predicted molar refractivity (Wildman–Crippen MR) is 56.3 cm³/mol. The molecule has 2 saturated heterocycles. The molecule has 0 radical (unpaired) electrons. The Kier molecular flexibility index (Phi) is 4.46. The van der Waals surface area contributed by atoms with Gasteiger partial charge in [0.05, 0.1) is 31.8 Å². The third-order valence-electron chi connectivity index (χ3n) is 2.17. The Labute approximate surface area is 98.9 Å². The van der Waals surface area contributed by atoms with Crippen LogP contribution in [0.4, 0.5) is 0 Å². The van der Waals surface area contributed by atoms with Crippen molar-refractivity contribution in [3.05, 3.63) is 0 Å². The summed E-state index contributed by atoms with van der Waals surface area (Å²) >= 11 is 0. The lowest BCUT2D eigenvalue weighted by atomic mass is 9.93. The standard InChI is InChI=1S/C7H8N2O6P2/c10-5-8-16-12-1-7(2-13-16)3-14-17(9-6-11)15-4-7/h1-4H2. The van der Waals surface area contributed by atoms with Gasteiger partial charge in [0.2, 0.25) is 12.2 Å². The molecular weight excluding hydrogens is 270 g/mol. The second-order valence-electron chi connectivity index (χ2n) is 3.45. The first-order chi connectivity index (χ1) is 8.28. The van der Waals surface area contributed by atoms with Crippen LogP contribution in [0.25, 0.3) is 0 Å². The van der Waals surface area contributed by atoms with Gasteiger partial charge in [0.1, 0.15) is 0 Å². The molecule has 0 amide bonds. The highest BCUT2D eigenvalue weighted by Crippen LogP contribution is 2.52. The maximum absolute atomic E-state index is 10.0. The van der Waals surface area contributed by atoms with Gasteiger partial charge in [0.25, 0.3) is 0 Å². The highest BCUT2D eigenvalue weighted by Gasteiger charge is 2.43. The minimum absolute atomic E-state index is 0.317. The fourth-order valence-corrected chi connectivity index (χ4v) is 3.33. The molecule has 2 rings (SSSR count). The highest BCUT2D eigenvalue weighted by molar-refractivity contribution is 7.46. The third kappa shape index (κ3) is 3.23. The summed E-state index contributed by atoms with van der Waals surface area (Å²) in [6, 6.07) is 0. The van der Waals surface area contributed by atoms with Crippen molar-refractivity contribution in [1.82, 2.24) is 0 Å². The molecule has 2 aliphatic rings. The maximum Gasteiger partial charge on any atom is 0.321 e. The average Bonchev–Trinajstić information content (AvgIpc) is 2.36. The zero-order valence-electron chi connectivity index (χ0n) is 8.57. The first kappa shape index (κ1) is 12.9. The smallest absolute Gasteiger partial charge is 0.315 e. The SMILES string of the molecule is O=C=NP1OCC2(CO1)COP(N=C=O)OC2. The fraction of sp³-hybridized carbons (Fsp3) is 0.714. The van der Waals surface area contributed by atoms with Crippen LogP contribution in [0, 0.1) is 5.41 Å². The number of nitrogens with zero attached hydrogens (tertiary/aromatic N) is 2. The molecule has 92 valence electrons. The molecule has 0 aliphatic carbocycles. The van der Waals surface area contributed by atoms with Gasteiger partial charge in [-0.15, -0.1) is 9.53 Å². The molecule has 10 heteroatoms. The van der Waals surface area contributed by atoms with Gasteiger partial charge >= 0.3 is 17.1 Å². The molecule has 0 saturated carbocycles. The molecule has 17 heavy (non-hydrogen) atoms. The van der Waals surface area contributed by atoms with Crippen molar-refractivity contribution in [3.8, 4) is 0 Å². The zero-order chi connectivity index (χ0) is 12.1. The van der Waals surface area contributed by atoms with Crippen LogP contribution in [0.2, 0.25) is 0 Å².